The van der Waals surface area contributed by atoms with Crippen LogP contribution in [0, 0.1) is 0 Å². The number of aromatic amines is 1. The highest BCUT2D eigenvalue weighted by Crippen LogP contribution is 2.24. The monoisotopic (exact) mass is 218 g/mol. The Labute approximate surface area is 93.4 Å². The molecule has 1 atom stereocenters. The Hall–Kier alpha value is -1.97. The molecular weight excluding hydrogens is 204 g/mol. The SMILES string of the molecule is COc1ccc2[nH]c(C(C)C(N)=O)cc2c1. The average molecular weight is 218 g/mol. The first-order valence-corrected chi connectivity index (χ1v) is 5.08. The predicted molar refractivity (Wildman–Crippen MR) is 62.5 cm³/mol. The lowest BCUT2D eigenvalue weighted by atomic mass is 10.1. The van der Waals surface area contributed by atoms with Crippen molar-refractivity contribution in [2.75, 3.05) is 7.11 Å². The van der Waals surface area contributed by atoms with Crippen molar-refractivity contribution in [1.29, 1.82) is 0 Å². The van der Waals surface area contributed by atoms with Crippen LogP contribution < -0.4 is 10.5 Å². The average Bonchev–Trinajstić information content (AvgIpc) is 2.69. The van der Waals surface area contributed by atoms with E-state index in [0.29, 0.717) is 0 Å². The van der Waals surface area contributed by atoms with Gasteiger partial charge in [-0.15, -0.1) is 0 Å². The molecule has 3 N–H and O–H groups in total. The number of methoxy groups -OCH3 is 1. The number of hydrogen-bond donors (Lipinski definition) is 2. The molecule has 1 amide bonds. The number of ether oxygens (including phenoxy) is 1. The number of benzene rings is 1. The molecule has 84 valence electrons. The number of hydrogen-bond acceptors (Lipinski definition) is 2. The minimum Gasteiger partial charge on any atom is -0.497 e. The topological polar surface area (TPSA) is 68.1 Å². The highest BCUT2D eigenvalue weighted by atomic mass is 16.5. The van der Waals surface area contributed by atoms with Gasteiger partial charge in [0.15, 0.2) is 0 Å². The molecule has 4 nitrogen and oxygen atoms in total. The van der Waals surface area contributed by atoms with Gasteiger partial charge in [0.05, 0.1) is 13.0 Å². The summed E-state index contributed by atoms with van der Waals surface area (Å²) in [6.07, 6.45) is 0. The van der Waals surface area contributed by atoms with Gasteiger partial charge in [0, 0.05) is 16.6 Å². The molecule has 4 heteroatoms. The molecule has 0 saturated carbocycles. The smallest absolute Gasteiger partial charge is 0.226 e. The van der Waals surface area contributed by atoms with Crippen molar-refractivity contribution in [3.8, 4) is 5.75 Å². The van der Waals surface area contributed by atoms with Crippen molar-refractivity contribution in [3.63, 3.8) is 0 Å². The van der Waals surface area contributed by atoms with Gasteiger partial charge in [0.2, 0.25) is 5.91 Å². The van der Waals surface area contributed by atoms with E-state index in [1.54, 1.807) is 14.0 Å². The molecule has 1 aromatic heterocycles. The van der Waals surface area contributed by atoms with Gasteiger partial charge in [-0.3, -0.25) is 4.79 Å². The summed E-state index contributed by atoms with van der Waals surface area (Å²) in [4.78, 5) is 14.2. The van der Waals surface area contributed by atoms with Crippen molar-refractivity contribution in [3.05, 3.63) is 30.0 Å². The Morgan fingerprint density at radius 3 is 2.81 bits per heavy atom. The van der Waals surface area contributed by atoms with Crippen LogP contribution in [0.1, 0.15) is 18.5 Å². The van der Waals surface area contributed by atoms with Crippen LogP contribution in [0.25, 0.3) is 10.9 Å². The molecule has 16 heavy (non-hydrogen) atoms. The quantitative estimate of drug-likeness (QED) is 0.824. The van der Waals surface area contributed by atoms with Gasteiger partial charge < -0.3 is 15.5 Å². The van der Waals surface area contributed by atoms with Crippen LogP contribution in [0.5, 0.6) is 5.75 Å². The molecule has 0 aliphatic carbocycles. The lowest BCUT2D eigenvalue weighted by Crippen LogP contribution is -2.18. The number of nitrogens with one attached hydrogen (secondary N) is 1. The maximum atomic E-state index is 11.1. The Morgan fingerprint density at radius 1 is 1.44 bits per heavy atom. The second-order valence-corrected chi connectivity index (χ2v) is 3.80. The molecular formula is C12H14N2O2. The zero-order chi connectivity index (χ0) is 11.7. The molecule has 0 aliphatic rings. The fraction of sp³-hybridized carbons (Fsp3) is 0.250. The van der Waals surface area contributed by atoms with Crippen LogP contribution in [0.2, 0.25) is 0 Å². The summed E-state index contributed by atoms with van der Waals surface area (Å²) >= 11 is 0. The van der Waals surface area contributed by atoms with E-state index in [1.807, 2.05) is 24.3 Å². The van der Waals surface area contributed by atoms with Gasteiger partial charge in [0.25, 0.3) is 0 Å². The molecule has 0 aliphatic heterocycles. The van der Waals surface area contributed by atoms with Gasteiger partial charge in [-0.25, -0.2) is 0 Å². The zero-order valence-electron chi connectivity index (χ0n) is 9.28. The van der Waals surface area contributed by atoms with E-state index in [9.17, 15) is 4.79 Å². The number of primary amides is 1. The Morgan fingerprint density at radius 2 is 2.19 bits per heavy atom. The maximum absolute atomic E-state index is 11.1. The number of carbonyl (C=O) groups is 1. The van der Waals surface area contributed by atoms with Crippen LogP contribution in [-0.2, 0) is 4.79 Å². The number of rotatable bonds is 3. The number of aromatic nitrogens is 1. The lowest BCUT2D eigenvalue weighted by Gasteiger charge is -2.02. The van der Waals surface area contributed by atoms with Crippen molar-refractivity contribution in [2.45, 2.75) is 12.8 Å². The van der Waals surface area contributed by atoms with E-state index >= 15 is 0 Å². The standard InChI is InChI=1S/C12H14N2O2/c1-7(12(13)15)11-6-8-5-9(16-2)3-4-10(8)14-11/h3-7,14H,1-2H3,(H2,13,15). The number of H-pyrrole nitrogens is 1. The first-order chi connectivity index (χ1) is 7.61. The first-order valence-electron chi connectivity index (χ1n) is 5.08. The summed E-state index contributed by atoms with van der Waals surface area (Å²) in [7, 11) is 1.63. The third kappa shape index (κ3) is 1.74. The summed E-state index contributed by atoms with van der Waals surface area (Å²) in [5.74, 6) is 0.154. The minimum absolute atomic E-state index is 0.307. The second kappa shape index (κ2) is 3.89. The van der Waals surface area contributed by atoms with Gasteiger partial charge in [-0.05, 0) is 31.2 Å². The number of carbonyl (C=O) groups excluding carboxylic acids is 1. The van der Waals surface area contributed by atoms with Crippen LogP contribution in [-0.4, -0.2) is 18.0 Å². The molecule has 1 heterocycles. The molecule has 1 aromatic carbocycles. The third-order valence-corrected chi connectivity index (χ3v) is 2.74. The number of amides is 1. The van der Waals surface area contributed by atoms with Crippen molar-refractivity contribution in [1.82, 2.24) is 4.98 Å². The highest BCUT2D eigenvalue weighted by molar-refractivity contribution is 5.86. The molecule has 0 spiro atoms. The van der Waals surface area contributed by atoms with Crippen LogP contribution in [0.4, 0.5) is 0 Å². The second-order valence-electron chi connectivity index (χ2n) is 3.80. The van der Waals surface area contributed by atoms with E-state index in [2.05, 4.69) is 4.98 Å². The van der Waals surface area contributed by atoms with Gasteiger partial charge >= 0.3 is 0 Å². The van der Waals surface area contributed by atoms with Crippen molar-refractivity contribution >= 4 is 16.8 Å². The fourth-order valence-electron chi connectivity index (χ4n) is 1.65. The van der Waals surface area contributed by atoms with Crippen molar-refractivity contribution in [2.24, 2.45) is 5.73 Å². The van der Waals surface area contributed by atoms with Crippen LogP contribution >= 0.6 is 0 Å². The van der Waals surface area contributed by atoms with Crippen LogP contribution in [0.15, 0.2) is 24.3 Å². The van der Waals surface area contributed by atoms with Gasteiger partial charge in [0.1, 0.15) is 5.75 Å². The predicted octanol–water partition coefficient (Wildman–Crippen LogP) is 1.77. The highest BCUT2D eigenvalue weighted by Gasteiger charge is 2.14. The normalized spacial score (nSPS) is 12.6. The molecule has 0 fully saturated rings. The summed E-state index contributed by atoms with van der Waals surface area (Å²) in [6.45, 7) is 1.78. The van der Waals surface area contributed by atoms with E-state index in [0.717, 1.165) is 22.3 Å². The van der Waals surface area contributed by atoms with E-state index < -0.39 is 0 Å². The number of fused-ring (bicyclic) bond motifs is 1. The Balaban J connectivity index is 2.47. The third-order valence-electron chi connectivity index (χ3n) is 2.74. The maximum Gasteiger partial charge on any atom is 0.226 e. The first kappa shape index (κ1) is 10.5. The van der Waals surface area contributed by atoms with Crippen LogP contribution in [0.3, 0.4) is 0 Å². The van der Waals surface area contributed by atoms with E-state index in [4.69, 9.17) is 10.5 Å². The summed E-state index contributed by atoms with van der Waals surface area (Å²) < 4.78 is 5.13. The minimum atomic E-state index is -0.335. The summed E-state index contributed by atoms with van der Waals surface area (Å²) in [6, 6.07) is 7.64. The largest absolute Gasteiger partial charge is 0.497 e. The Kier molecular flexibility index (Phi) is 2.56. The Bertz CT molecular complexity index is 531. The molecule has 0 saturated heterocycles. The van der Waals surface area contributed by atoms with Crippen molar-refractivity contribution < 1.29 is 9.53 Å². The van der Waals surface area contributed by atoms with Gasteiger partial charge in [-0.1, -0.05) is 0 Å². The van der Waals surface area contributed by atoms with E-state index in [1.165, 1.54) is 0 Å². The van der Waals surface area contributed by atoms with E-state index in [-0.39, 0.29) is 11.8 Å². The summed E-state index contributed by atoms with van der Waals surface area (Å²) in [5.41, 5.74) is 7.07. The van der Waals surface area contributed by atoms with Gasteiger partial charge in [-0.2, -0.15) is 0 Å². The lowest BCUT2D eigenvalue weighted by molar-refractivity contribution is -0.119. The molecule has 2 rings (SSSR count). The fourth-order valence-corrected chi connectivity index (χ4v) is 1.65. The molecule has 2 aromatic rings. The molecule has 0 bridgehead atoms. The summed E-state index contributed by atoms with van der Waals surface area (Å²) in [5, 5.41) is 1.02. The molecule has 1 unspecified atom stereocenters. The zero-order valence-corrected chi connectivity index (χ0v) is 9.28. The molecule has 0 radical (unpaired) electrons. The number of nitrogens with two attached hydrogens (primary N) is 1.